The van der Waals surface area contributed by atoms with Crippen LogP contribution in [0.4, 0.5) is 0 Å². The SMILES string of the molecule is Cc1cc(CN2CCC3(CC2)OCCC[C@H]3O)on1. The number of rotatable bonds is 2. The van der Waals surface area contributed by atoms with Crippen molar-refractivity contribution in [3.05, 3.63) is 17.5 Å². The molecule has 0 amide bonds. The third kappa shape index (κ3) is 2.68. The Morgan fingerprint density at radius 1 is 1.47 bits per heavy atom. The van der Waals surface area contributed by atoms with Crippen LogP contribution in [0.15, 0.2) is 10.6 Å². The van der Waals surface area contributed by atoms with E-state index in [4.69, 9.17) is 9.26 Å². The van der Waals surface area contributed by atoms with E-state index in [1.54, 1.807) is 0 Å². The van der Waals surface area contributed by atoms with Gasteiger partial charge in [0, 0.05) is 25.8 Å². The number of hydrogen-bond donors (Lipinski definition) is 1. The number of likely N-dealkylation sites (tertiary alicyclic amines) is 1. The molecule has 106 valence electrons. The largest absolute Gasteiger partial charge is 0.390 e. The first-order valence-electron chi connectivity index (χ1n) is 7.14. The minimum absolute atomic E-state index is 0.286. The Morgan fingerprint density at radius 2 is 2.26 bits per heavy atom. The van der Waals surface area contributed by atoms with Crippen molar-refractivity contribution in [3.8, 4) is 0 Å². The molecule has 5 heteroatoms. The van der Waals surface area contributed by atoms with E-state index >= 15 is 0 Å². The average Bonchev–Trinajstić information content (AvgIpc) is 2.81. The van der Waals surface area contributed by atoms with Gasteiger partial charge in [-0.15, -0.1) is 0 Å². The van der Waals surface area contributed by atoms with E-state index in [1.807, 2.05) is 13.0 Å². The van der Waals surface area contributed by atoms with Gasteiger partial charge in [-0.3, -0.25) is 4.90 Å². The second-order valence-electron chi connectivity index (χ2n) is 5.78. The molecule has 2 aliphatic rings. The Balaban J connectivity index is 1.57. The second-order valence-corrected chi connectivity index (χ2v) is 5.78. The fourth-order valence-corrected chi connectivity index (χ4v) is 3.19. The summed E-state index contributed by atoms with van der Waals surface area (Å²) in [4.78, 5) is 2.34. The van der Waals surface area contributed by atoms with Gasteiger partial charge in [0.05, 0.1) is 23.9 Å². The van der Waals surface area contributed by atoms with Gasteiger partial charge in [0.25, 0.3) is 0 Å². The summed E-state index contributed by atoms with van der Waals surface area (Å²) in [6, 6.07) is 1.98. The first kappa shape index (κ1) is 13.1. The average molecular weight is 266 g/mol. The van der Waals surface area contributed by atoms with Gasteiger partial charge in [-0.2, -0.15) is 0 Å². The maximum atomic E-state index is 10.2. The van der Waals surface area contributed by atoms with Crippen LogP contribution in [0, 0.1) is 6.92 Å². The maximum Gasteiger partial charge on any atom is 0.150 e. The zero-order valence-corrected chi connectivity index (χ0v) is 11.5. The summed E-state index contributed by atoms with van der Waals surface area (Å²) in [7, 11) is 0. The molecule has 0 aliphatic carbocycles. The van der Waals surface area contributed by atoms with Crippen molar-refractivity contribution in [2.24, 2.45) is 0 Å². The summed E-state index contributed by atoms with van der Waals surface area (Å²) in [6.07, 6.45) is 3.37. The van der Waals surface area contributed by atoms with Crippen molar-refractivity contribution < 1.29 is 14.4 Å². The Hall–Kier alpha value is -0.910. The molecule has 1 spiro atoms. The molecule has 0 saturated carbocycles. The molecule has 2 saturated heterocycles. The van der Waals surface area contributed by atoms with Crippen LogP contribution in [0.3, 0.4) is 0 Å². The molecule has 1 N–H and O–H groups in total. The van der Waals surface area contributed by atoms with Crippen LogP contribution in [0.25, 0.3) is 0 Å². The van der Waals surface area contributed by atoms with E-state index < -0.39 is 0 Å². The molecule has 2 fully saturated rings. The first-order valence-corrected chi connectivity index (χ1v) is 7.14. The third-order valence-corrected chi connectivity index (χ3v) is 4.38. The highest BCUT2D eigenvalue weighted by Gasteiger charge is 2.43. The van der Waals surface area contributed by atoms with Crippen LogP contribution < -0.4 is 0 Å². The summed E-state index contributed by atoms with van der Waals surface area (Å²) in [5.74, 6) is 0.915. The van der Waals surface area contributed by atoms with Crippen molar-refractivity contribution >= 4 is 0 Å². The van der Waals surface area contributed by atoms with E-state index in [9.17, 15) is 5.11 Å². The summed E-state index contributed by atoms with van der Waals surface area (Å²) in [5, 5.41) is 14.1. The van der Waals surface area contributed by atoms with Crippen LogP contribution in [0.5, 0.6) is 0 Å². The van der Waals surface area contributed by atoms with Gasteiger partial charge in [-0.25, -0.2) is 0 Å². The zero-order chi connectivity index (χ0) is 13.3. The summed E-state index contributed by atoms with van der Waals surface area (Å²) in [5.41, 5.74) is 0.640. The number of aliphatic hydroxyl groups is 1. The van der Waals surface area contributed by atoms with Gasteiger partial charge in [0.1, 0.15) is 0 Å². The molecular weight excluding hydrogens is 244 g/mol. The lowest BCUT2D eigenvalue weighted by atomic mass is 9.82. The Kier molecular flexibility index (Phi) is 3.60. The highest BCUT2D eigenvalue weighted by molar-refractivity contribution is 5.04. The first-order chi connectivity index (χ1) is 9.18. The lowest BCUT2D eigenvalue weighted by Gasteiger charge is -2.46. The number of ether oxygens (including phenoxy) is 1. The van der Waals surface area contributed by atoms with E-state index in [1.165, 1.54) is 0 Å². The van der Waals surface area contributed by atoms with Gasteiger partial charge in [-0.05, 0) is 32.6 Å². The lowest BCUT2D eigenvalue weighted by Crippen LogP contribution is -2.55. The molecular formula is C14H22N2O3. The second kappa shape index (κ2) is 5.23. The van der Waals surface area contributed by atoms with Crippen LogP contribution in [-0.2, 0) is 11.3 Å². The number of hydrogen-bond acceptors (Lipinski definition) is 5. The summed E-state index contributed by atoms with van der Waals surface area (Å²) >= 11 is 0. The zero-order valence-electron chi connectivity index (χ0n) is 11.5. The normalized spacial score (nSPS) is 27.8. The van der Waals surface area contributed by atoms with Crippen LogP contribution in [0.2, 0.25) is 0 Å². The predicted molar refractivity (Wildman–Crippen MR) is 69.7 cm³/mol. The van der Waals surface area contributed by atoms with Crippen molar-refractivity contribution in [3.63, 3.8) is 0 Å². The van der Waals surface area contributed by atoms with Crippen LogP contribution >= 0.6 is 0 Å². The summed E-state index contributed by atoms with van der Waals surface area (Å²) < 4.78 is 11.2. The Morgan fingerprint density at radius 3 is 2.89 bits per heavy atom. The van der Waals surface area contributed by atoms with Crippen molar-refractivity contribution in [2.45, 2.75) is 50.9 Å². The fraction of sp³-hybridized carbons (Fsp3) is 0.786. The lowest BCUT2D eigenvalue weighted by molar-refractivity contribution is -0.177. The molecule has 2 aliphatic heterocycles. The van der Waals surface area contributed by atoms with Gasteiger partial charge in [-0.1, -0.05) is 5.16 Å². The summed E-state index contributed by atoms with van der Waals surface area (Å²) in [6.45, 7) is 5.41. The molecule has 1 aromatic rings. The molecule has 5 nitrogen and oxygen atoms in total. The standard InChI is InChI=1S/C14H22N2O3/c1-11-9-12(19-15-11)10-16-6-4-14(5-7-16)13(17)3-2-8-18-14/h9,13,17H,2-8,10H2,1H3/t13-/m1/s1. The third-order valence-electron chi connectivity index (χ3n) is 4.38. The molecule has 1 atom stereocenters. The molecule has 3 heterocycles. The molecule has 1 aromatic heterocycles. The Bertz CT molecular complexity index is 424. The van der Waals surface area contributed by atoms with E-state index in [-0.39, 0.29) is 11.7 Å². The Labute approximate surface area is 113 Å². The molecule has 0 unspecified atom stereocenters. The molecule has 3 rings (SSSR count). The topological polar surface area (TPSA) is 58.7 Å². The van der Waals surface area contributed by atoms with E-state index in [0.29, 0.717) is 0 Å². The highest BCUT2D eigenvalue weighted by atomic mass is 16.5. The van der Waals surface area contributed by atoms with Gasteiger partial charge < -0.3 is 14.4 Å². The number of aliphatic hydroxyl groups excluding tert-OH is 1. The van der Waals surface area contributed by atoms with E-state index in [2.05, 4.69) is 10.1 Å². The van der Waals surface area contributed by atoms with Gasteiger partial charge >= 0.3 is 0 Å². The smallest absolute Gasteiger partial charge is 0.150 e. The van der Waals surface area contributed by atoms with Crippen molar-refractivity contribution in [1.29, 1.82) is 0 Å². The number of aromatic nitrogens is 1. The van der Waals surface area contributed by atoms with Crippen molar-refractivity contribution in [2.75, 3.05) is 19.7 Å². The van der Waals surface area contributed by atoms with Crippen LogP contribution in [0.1, 0.15) is 37.1 Å². The highest BCUT2D eigenvalue weighted by Crippen LogP contribution is 2.35. The van der Waals surface area contributed by atoms with E-state index in [0.717, 1.165) is 63.4 Å². The minimum atomic E-state index is -0.295. The quantitative estimate of drug-likeness (QED) is 0.879. The monoisotopic (exact) mass is 266 g/mol. The maximum absolute atomic E-state index is 10.2. The molecule has 0 radical (unpaired) electrons. The van der Waals surface area contributed by atoms with Crippen LogP contribution in [-0.4, -0.2) is 46.6 Å². The van der Waals surface area contributed by atoms with Crippen molar-refractivity contribution in [1.82, 2.24) is 10.1 Å². The number of aryl methyl sites for hydroxylation is 1. The van der Waals surface area contributed by atoms with Gasteiger partial charge in [0.2, 0.25) is 0 Å². The predicted octanol–water partition coefficient (Wildman–Crippen LogP) is 1.49. The molecule has 19 heavy (non-hydrogen) atoms. The van der Waals surface area contributed by atoms with Gasteiger partial charge in [0.15, 0.2) is 5.76 Å². The number of nitrogens with zero attached hydrogens (tertiary/aromatic N) is 2. The molecule has 0 bridgehead atoms. The minimum Gasteiger partial charge on any atom is -0.390 e. The fourth-order valence-electron chi connectivity index (χ4n) is 3.19. The molecule has 0 aromatic carbocycles. The number of piperidine rings is 1.